The molecular formula is C17H22FNOS. The van der Waals surface area contributed by atoms with Gasteiger partial charge < -0.3 is 10.1 Å². The maximum atomic E-state index is 14.0. The van der Waals surface area contributed by atoms with Gasteiger partial charge in [0.1, 0.15) is 0 Å². The van der Waals surface area contributed by atoms with Crippen molar-refractivity contribution in [2.45, 2.75) is 32.7 Å². The van der Waals surface area contributed by atoms with Crippen molar-refractivity contribution in [1.82, 2.24) is 5.32 Å². The van der Waals surface area contributed by atoms with Crippen LogP contribution in [0.15, 0.2) is 30.3 Å². The molecule has 1 aromatic carbocycles. The number of aryl methyl sites for hydroxylation is 1. The standard InChI is InChI=1S/C17H22FNOS/c1-4-10-19-17(16-9-7-13(5-2)21-16)12-6-8-15(20-3)14(18)11-12/h6-9,11,17,19H,4-5,10H2,1-3H3. The molecule has 1 aromatic heterocycles. The van der Waals surface area contributed by atoms with E-state index in [2.05, 4.69) is 31.3 Å². The maximum Gasteiger partial charge on any atom is 0.165 e. The molecule has 21 heavy (non-hydrogen) atoms. The minimum atomic E-state index is -0.314. The van der Waals surface area contributed by atoms with E-state index in [9.17, 15) is 4.39 Å². The van der Waals surface area contributed by atoms with Crippen molar-refractivity contribution < 1.29 is 9.13 Å². The van der Waals surface area contributed by atoms with Gasteiger partial charge in [-0.15, -0.1) is 11.3 Å². The Morgan fingerprint density at radius 1 is 1.24 bits per heavy atom. The molecule has 1 atom stereocenters. The summed E-state index contributed by atoms with van der Waals surface area (Å²) in [5.74, 6) is -0.0287. The molecule has 0 bridgehead atoms. The lowest BCUT2D eigenvalue weighted by molar-refractivity contribution is 0.385. The Labute approximate surface area is 130 Å². The summed E-state index contributed by atoms with van der Waals surface area (Å²) in [4.78, 5) is 2.58. The summed E-state index contributed by atoms with van der Waals surface area (Å²) in [6.07, 6.45) is 2.07. The fourth-order valence-corrected chi connectivity index (χ4v) is 3.33. The molecule has 4 heteroatoms. The zero-order chi connectivity index (χ0) is 15.2. The third-order valence-electron chi connectivity index (χ3n) is 3.42. The van der Waals surface area contributed by atoms with Crippen molar-refractivity contribution in [2.24, 2.45) is 0 Å². The predicted octanol–water partition coefficient (Wildman–Crippen LogP) is 4.55. The monoisotopic (exact) mass is 307 g/mol. The Hall–Kier alpha value is -1.39. The minimum absolute atomic E-state index is 0.0376. The van der Waals surface area contributed by atoms with E-state index in [1.165, 1.54) is 16.9 Å². The Bertz CT molecular complexity index is 582. The van der Waals surface area contributed by atoms with Gasteiger partial charge in [0.25, 0.3) is 0 Å². The van der Waals surface area contributed by atoms with Gasteiger partial charge in [0, 0.05) is 9.75 Å². The first-order chi connectivity index (χ1) is 10.2. The van der Waals surface area contributed by atoms with Gasteiger partial charge in [0.05, 0.1) is 13.2 Å². The molecule has 0 aliphatic carbocycles. The summed E-state index contributed by atoms with van der Waals surface area (Å²) in [6, 6.07) is 9.52. The number of ether oxygens (including phenoxy) is 1. The molecule has 1 heterocycles. The lowest BCUT2D eigenvalue weighted by Crippen LogP contribution is -2.22. The summed E-state index contributed by atoms with van der Waals surface area (Å²) < 4.78 is 19.0. The van der Waals surface area contributed by atoms with Gasteiger partial charge in [-0.1, -0.05) is 19.9 Å². The molecule has 0 radical (unpaired) electrons. The van der Waals surface area contributed by atoms with E-state index in [1.54, 1.807) is 23.5 Å². The van der Waals surface area contributed by atoms with Gasteiger partial charge in [-0.3, -0.25) is 0 Å². The van der Waals surface area contributed by atoms with Gasteiger partial charge >= 0.3 is 0 Å². The average molecular weight is 307 g/mol. The van der Waals surface area contributed by atoms with Crippen molar-refractivity contribution >= 4 is 11.3 Å². The third-order valence-corrected chi connectivity index (χ3v) is 4.72. The van der Waals surface area contributed by atoms with Crippen LogP contribution in [0.3, 0.4) is 0 Å². The molecule has 0 saturated carbocycles. The fourth-order valence-electron chi connectivity index (χ4n) is 2.27. The largest absolute Gasteiger partial charge is 0.494 e. The number of hydrogen-bond donors (Lipinski definition) is 1. The topological polar surface area (TPSA) is 21.3 Å². The van der Waals surface area contributed by atoms with Gasteiger partial charge in [0.15, 0.2) is 11.6 Å². The molecule has 0 amide bonds. The number of nitrogens with one attached hydrogen (secondary N) is 1. The summed E-state index contributed by atoms with van der Waals surface area (Å²) in [5.41, 5.74) is 0.936. The second kappa shape index (κ2) is 7.57. The van der Waals surface area contributed by atoms with Crippen LogP contribution in [-0.2, 0) is 6.42 Å². The van der Waals surface area contributed by atoms with Gasteiger partial charge in [-0.25, -0.2) is 4.39 Å². The average Bonchev–Trinajstić information content (AvgIpc) is 2.96. The highest BCUT2D eigenvalue weighted by Gasteiger charge is 2.17. The lowest BCUT2D eigenvalue weighted by Gasteiger charge is -2.18. The van der Waals surface area contributed by atoms with E-state index >= 15 is 0 Å². The summed E-state index contributed by atoms with van der Waals surface area (Å²) >= 11 is 1.79. The molecule has 2 nitrogen and oxygen atoms in total. The highest BCUT2D eigenvalue weighted by molar-refractivity contribution is 7.12. The van der Waals surface area contributed by atoms with E-state index in [1.807, 2.05) is 6.07 Å². The van der Waals surface area contributed by atoms with Crippen LogP contribution in [0, 0.1) is 5.82 Å². The Morgan fingerprint density at radius 3 is 2.62 bits per heavy atom. The van der Waals surface area contributed by atoms with Crippen LogP contribution in [0.25, 0.3) is 0 Å². The van der Waals surface area contributed by atoms with Crippen LogP contribution in [-0.4, -0.2) is 13.7 Å². The first-order valence-electron chi connectivity index (χ1n) is 7.35. The SMILES string of the molecule is CCCNC(c1ccc(OC)c(F)c1)c1ccc(CC)s1. The quantitative estimate of drug-likeness (QED) is 0.810. The zero-order valence-corrected chi connectivity index (χ0v) is 13.6. The number of halogens is 1. The zero-order valence-electron chi connectivity index (χ0n) is 12.8. The Kier molecular flexibility index (Phi) is 5.76. The van der Waals surface area contributed by atoms with Crippen molar-refractivity contribution in [2.75, 3.05) is 13.7 Å². The first-order valence-corrected chi connectivity index (χ1v) is 8.16. The number of hydrogen-bond acceptors (Lipinski definition) is 3. The second-order valence-corrected chi connectivity index (χ2v) is 6.14. The van der Waals surface area contributed by atoms with E-state index < -0.39 is 0 Å². The van der Waals surface area contributed by atoms with E-state index in [-0.39, 0.29) is 17.6 Å². The van der Waals surface area contributed by atoms with Crippen molar-refractivity contribution in [3.05, 3.63) is 51.5 Å². The van der Waals surface area contributed by atoms with E-state index in [0.717, 1.165) is 24.9 Å². The predicted molar refractivity (Wildman–Crippen MR) is 86.8 cm³/mol. The first kappa shape index (κ1) is 16.0. The number of rotatable bonds is 7. The molecular weight excluding hydrogens is 285 g/mol. The van der Waals surface area contributed by atoms with Crippen LogP contribution < -0.4 is 10.1 Å². The highest BCUT2D eigenvalue weighted by Crippen LogP contribution is 2.31. The van der Waals surface area contributed by atoms with Crippen LogP contribution >= 0.6 is 11.3 Å². The van der Waals surface area contributed by atoms with E-state index in [0.29, 0.717) is 0 Å². The van der Waals surface area contributed by atoms with Crippen LogP contribution in [0.4, 0.5) is 4.39 Å². The molecule has 2 rings (SSSR count). The molecule has 0 saturated heterocycles. The molecule has 0 fully saturated rings. The second-order valence-electron chi connectivity index (χ2n) is 4.94. The van der Waals surface area contributed by atoms with Crippen LogP contribution in [0.5, 0.6) is 5.75 Å². The lowest BCUT2D eigenvalue weighted by atomic mass is 10.0. The molecule has 1 unspecified atom stereocenters. The van der Waals surface area contributed by atoms with Gasteiger partial charge in [-0.2, -0.15) is 0 Å². The molecule has 114 valence electrons. The van der Waals surface area contributed by atoms with Gasteiger partial charge in [0.2, 0.25) is 0 Å². The number of thiophene rings is 1. The van der Waals surface area contributed by atoms with Crippen molar-refractivity contribution in [1.29, 1.82) is 0 Å². The summed E-state index contributed by atoms with van der Waals surface area (Å²) in [6.45, 7) is 5.18. The smallest absolute Gasteiger partial charge is 0.165 e. The number of methoxy groups -OCH3 is 1. The third kappa shape index (κ3) is 3.83. The van der Waals surface area contributed by atoms with Crippen molar-refractivity contribution in [3.63, 3.8) is 0 Å². The highest BCUT2D eigenvalue weighted by atomic mass is 32.1. The molecule has 2 aromatic rings. The number of benzene rings is 1. The van der Waals surface area contributed by atoms with Crippen LogP contribution in [0.2, 0.25) is 0 Å². The normalized spacial score (nSPS) is 12.4. The Morgan fingerprint density at radius 2 is 2.05 bits per heavy atom. The summed E-state index contributed by atoms with van der Waals surface area (Å²) in [7, 11) is 1.48. The van der Waals surface area contributed by atoms with Crippen LogP contribution in [0.1, 0.15) is 41.6 Å². The summed E-state index contributed by atoms with van der Waals surface area (Å²) in [5, 5.41) is 3.51. The fraction of sp³-hybridized carbons (Fsp3) is 0.412. The van der Waals surface area contributed by atoms with E-state index in [4.69, 9.17) is 4.74 Å². The Balaban J connectivity index is 2.32. The molecule has 0 spiro atoms. The molecule has 0 aliphatic rings. The molecule has 0 aliphatic heterocycles. The molecule has 1 N–H and O–H groups in total. The van der Waals surface area contributed by atoms with Crippen molar-refractivity contribution in [3.8, 4) is 5.75 Å². The minimum Gasteiger partial charge on any atom is -0.494 e. The van der Waals surface area contributed by atoms with Gasteiger partial charge in [-0.05, 0) is 49.2 Å². The maximum absolute atomic E-state index is 14.0.